The quantitative estimate of drug-likeness (QED) is 0.819. The molecule has 1 aromatic heterocycles. The van der Waals surface area contributed by atoms with Gasteiger partial charge in [0.2, 0.25) is 0 Å². The van der Waals surface area contributed by atoms with E-state index in [1.165, 1.54) is 22.6 Å². The van der Waals surface area contributed by atoms with E-state index in [0.29, 0.717) is 12.2 Å². The number of nitrogens with zero attached hydrogens (tertiary/aromatic N) is 2. The van der Waals surface area contributed by atoms with Crippen molar-refractivity contribution in [3.05, 3.63) is 58.9 Å². The second-order valence-corrected chi connectivity index (χ2v) is 5.34. The molecule has 1 heterocycles. The Morgan fingerprint density at radius 2 is 1.73 bits per heavy atom. The van der Waals surface area contributed by atoms with Crippen molar-refractivity contribution in [1.82, 2.24) is 9.47 Å². The molecular formula is C17H20F2N2O. The Labute approximate surface area is 129 Å². The van der Waals surface area contributed by atoms with E-state index >= 15 is 0 Å². The molecule has 3 nitrogen and oxygen atoms in total. The number of benzene rings is 1. The molecule has 0 atom stereocenters. The minimum absolute atomic E-state index is 0.0141. The van der Waals surface area contributed by atoms with Gasteiger partial charge in [-0.15, -0.1) is 0 Å². The fourth-order valence-electron chi connectivity index (χ4n) is 2.41. The number of rotatable bonds is 5. The summed E-state index contributed by atoms with van der Waals surface area (Å²) in [6, 6.07) is 10.9. The number of hydrogen-bond donors (Lipinski definition) is 0. The van der Waals surface area contributed by atoms with E-state index < -0.39 is 12.5 Å². The first-order chi connectivity index (χ1) is 10.4. The summed E-state index contributed by atoms with van der Waals surface area (Å²) >= 11 is 0. The van der Waals surface area contributed by atoms with Gasteiger partial charge in [0.25, 0.3) is 5.91 Å². The van der Waals surface area contributed by atoms with E-state index in [4.69, 9.17) is 0 Å². The largest absolute Gasteiger partial charge is 0.336 e. The van der Waals surface area contributed by atoms with Crippen LogP contribution < -0.4 is 0 Å². The van der Waals surface area contributed by atoms with Crippen molar-refractivity contribution in [3.8, 4) is 0 Å². The van der Waals surface area contributed by atoms with E-state index in [1.807, 2.05) is 24.3 Å². The summed E-state index contributed by atoms with van der Waals surface area (Å²) in [5.74, 6) is -0.409. The third kappa shape index (κ3) is 3.35. The molecule has 5 heteroatoms. The molecule has 118 valence electrons. The maximum atomic E-state index is 13.0. The molecule has 0 aliphatic heterocycles. The van der Waals surface area contributed by atoms with Crippen molar-refractivity contribution in [2.75, 3.05) is 7.05 Å². The van der Waals surface area contributed by atoms with Crippen molar-refractivity contribution >= 4 is 5.91 Å². The molecule has 0 spiro atoms. The van der Waals surface area contributed by atoms with Gasteiger partial charge in [-0.25, -0.2) is 0 Å². The van der Waals surface area contributed by atoms with Crippen LogP contribution in [0.1, 0.15) is 40.8 Å². The summed E-state index contributed by atoms with van der Waals surface area (Å²) in [7, 11) is 1.62. The van der Waals surface area contributed by atoms with Crippen LogP contribution in [-0.2, 0) is 13.0 Å². The Balaban J connectivity index is 2.15. The number of carbonyl (C=O) groups excluding carboxylic acids is 1. The van der Waals surface area contributed by atoms with Crippen LogP contribution in [0.2, 0.25) is 0 Å². The lowest BCUT2D eigenvalue weighted by molar-refractivity contribution is 0.0564. The minimum atomic E-state index is -2.72. The third-order valence-corrected chi connectivity index (χ3v) is 3.73. The first-order valence-electron chi connectivity index (χ1n) is 7.23. The van der Waals surface area contributed by atoms with Gasteiger partial charge in [-0.1, -0.05) is 31.2 Å². The zero-order chi connectivity index (χ0) is 16.3. The van der Waals surface area contributed by atoms with Gasteiger partial charge >= 0.3 is 6.55 Å². The lowest BCUT2D eigenvalue weighted by Crippen LogP contribution is -2.28. The molecule has 0 saturated carbocycles. The highest BCUT2D eigenvalue weighted by Gasteiger charge is 2.21. The molecule has 0 radical (unpaired) electrons. The normalized spacial score (nSPS) is 11.0. The van der Waals surface area contributed by atoms with Crippen LogP contribution in [0.15, 0.2) is 36.4 Å². The van der Waals surface area contributed by atoms with Gasteiger partial charge < -0.3 is 4.90 Å². The number of aryl methyl sites for hydroxylation is 2. The lowest BCUT2D eigenvalue weighted by atomic mass is 10.1. The Hall–Kier alpha value is -2.17. The summed E-state index contributed by atoms with van der Waals surface area (Å²) in [6.45, 7) is 1.31. The molecule has 1 aromatic carbocycles. The summed E-state index contributed by atoms with van der Waals surface area (Å²) in [4.78, 5) is 13.8. The van der Waals surface area contributed by atoms with Crippen LogP contribution in [0.4, 0.5) is 8.78 Å². The number of hydrogen-bond acceptors (Lipinski definition) is 1. The second-order valence-electron chi connectivity index (χ2n) is 5.34. The minimum Gasteiger partial charge on any atom is -0.336 e. The number of halogens is 2. The van der Waals surface area contributed by atoms with Crippen LogP contribution in [0.5, 0.6) is 0 Å². The van der Waals surface area contributed by atoms with E-state index in [0.717, 1.165) is 16.6 Å². The van der Waals surface area contributed by atoms with Crippen molar-refractivity contribution in [1.29, 1.82) is 0 Å². The Kier molecular flexibility index (Phi) is 4.96. The van der Waals surface area contributed by atoms with Crippen molar-refractivity contribution in [2.24, 2.45) is 0 Å². The zero-order valence-electron chi connectivity index (χ0n) is 13.0. The monoisotopic (exact) mass is 306 g/mol. The maximum absolute atomic E-state index is 13.0. The van der Waals surface area contributed by atoms with Crippen molar-refractivity contribution in [3.63, 3.8) is 0 Å². The summed E-state index contributed by atoms with van der Waals surface area (Å²) < 4.78 is 26.9. The topological polar surface area (TPSA) is 25.2 Å². The van der Waals surface area contributed by atoms with E-state index in [2.05, 4.69) is 6.92 Å². The predicted octanol–water partition coefficient (Wildman–Crippen LogP) is 4.03. The Morgan fingerprint density at radius 1 is 1.14 bits per heavy atom. The van der Waals surface area contributed by atoms with Crippen molar-refractivity contribution < 1.29 is 13.6 Å². The Bertz CT molecular complexity index is 647. The SMILES string of the molecule is CCc1ccc(CN(C)C(=O)c2ccc(C)n2C(F)F)cc1. The highest BCUT2D eigenvalue weighted by Crippen LogP contribution is 2.20. The molecular weight excluding hydrogens is 286 g/mol. The molecule has 0 aliphatic carbocycles. The number of aromatic nitrogens is 1. The molecule has 0 unspecified atom stereocenters. The average Bonchev–Trinajstić information content (AvgIpc) is 2.89. The van der Waals surface area contributed by atoms with Crippen LogP contribution in [0, 0.1) is 6.92 Å². The first-order valence-corrected chi connectivity index (χ1v) is 7.23. The second kappa shape index (κ2) is 6.73. The smallest absolute Gasteiger partial charge is 0.319 e. The van der Waals surface area contributed by atoms with Crippen LogP contribution in [0.3, 0.4) is 0 Å². The van der Waals surface area contributed by atoms with Crippen LogP contribution in [0.25, 0.3) is 0 Å². The highest BCUT2D eigenvalue weighted by molar-refractivity contribution is 5.92. The highest BCUT2D eigenvalue weighted by atomic mass is 19.3. The van der Waals surface area contributed by atoms with Gasteiger partial charge in [-0.2, -0.15) is 8.78 Å². The fraction of sp³-hybridized carbons (Fsp3) is 0.353. The molecule has 2 aromatic rings. The van der Waals surface area contributed by atoms with E-state index in [-0.39, 0.29) is 5.69 Å². The van der Waals surface area contributed by atoms with Gasteiger partial charge in [0.05, 0.1) is 0 Å². The van der Waals surface area contributed by atoms with Crippen LogP contribution in [-0.4, -0.2) is 22.4 Å². The zero-order valence-corrected chi connectivity index (χ0v) is 13.0. The lowest BCUT2D eigenvalue weighted by Gasteiger charge is -2.19. The van der Waals surface area contributed by atoms with Gasteiger partial charge in [0.1, 0.15) is 5.69 Å². The molecule has 0 bridgehead atoms. The first kappa shape index (κ1) is 16.2. The van der Waals surface area contributed by atoms with Crippen molar-refractivity contribution in [2.45, 2.75) is 33.4 Å². The molecule has 0 fully saturated rings. The van der Waals surface area contributed by atoms with Crippen LogP contribution >= 0.6 is 0 Å². The molecule has 2 rings (SSSR count). The van der Waals surface area contributed by atoms with Gasteiger partial charge in [0.15, 0.2) is 0 Å². The standard InChI is InChI=1S/C17H20F2N2O/c1-4-13-6-8-14(9-7-13)11-20(3)16(22)15-10-5-12(2)21(15)17(18)19/h5-10,17H,4,11H2,1-3H3. The van der Waals surface area contributed by atoms with Gasteiger partial charge in [-0.05, 0) is 36.6 Å². The van der Waals surface area contributed by atoms with Gasteiger partial charge in [0, 0.05) is 19.3 Å². The molecule has 0 aliphatic rings. The number of alkyl halides is 2. The third-order valence-electron chi connectivity index (χ3n) is 3.73. The molecule has 1 amide bonds. The molecule has 22 heavy (non-hydrogen) atoms. The van der Waals surface area contributed by atoms with Gasteiger partial charge in [-0.3, -0.25) is 9.36 Å². The summed E-state index contributed by atoms with van der Waals surface area (Å²) in [5.41, 5.74) is 2.58. The molecule has 0 N–H and O–H groups in total. The predicted molar refractivity (Wildman–Crippen MR) is 82.0 cm³/mol. The number of amides is 1. The molecule has 0 saturated heterocycles. The fourth-order valence-corrected chi connectivity index (χ4v) is 2.41. The Morgan fingerprint density at radius 3 is 2.27 bits per heavy atom. The summed E-state index contributed by atoms with van der Waals surface area (Å²) in [6.07, 6.45) is 0.955. The summed E-state index contributed by atoms with van der Waals surface area (Å²) in [5, 5.41) is 0. The number of carbonyl (C=O) groups is 1. The van der Waals surface area contributed by atoms with E-state index in [1.54, 1.807) is 14.0 Å². The van der Waals surface area contributed by atoms with E-state index in [9.17, 15) is 13.6 Å². The maximum Gasteiger partial charge on any atom is 0.319 e. The average molecular weight is 306 g/mol.